The van der Waals surface area contributed by atoms with E-state index in [1.807, 2.05) is 22.6 Å². The van der Waals surface area contributed by atoms with Crippen molar-refractivity contribution in [2.75, 3.05) is 4.43 Å². The zero-order valence-corrected chi connectivity index (χ0v) is 8.98. The van der Waals surface area contributed by atoms with E-state index < -0.39 is 5.97 Å². The molecular formula is C7H7IN2O3. The van der Waals surface area contributed by atoms with Gasteiger partial charge in [0.2, 0.25) is 0 Å². The Morgan fingerprint density at radius 1 is 1.69 bits per heavy atom. The second-order valence-electron chi connectivity index (χ2n) is 2.39. The molecule has 0 aliphatic carbocycles. The molecule has 0 spiro atoms. The summed E-state index contributed by atoms with van der Waals surface area (Å²) in [5, 5.41) is 12.4. The Morgan fingerprint density at radius 3 is 2.77 bits per heavy atom. The molecule has 6 heteroatoms. The highest BCUT2D eigenvalue weighted by atomic mass is 127. The highest BCUT2D eigenvalue weighted by molar-refractivity contribution is 14.1. The van der Waals surface area contributed by atoms with Crippen LogP contribution in [-0.2, 0) is 7.05 Å². The van der Waals surface area contributed by atoms with Crippen molar-refractivity contribution in [3.63, 3.8) is 0 Å². The van der Waals surface area contributed by atoms with E-state index in [1.165, 1.54) is 10.9 Å². The molecule has 0 aliphatic rings. The third-order valence-corrected chi connectivity index (χ3v) is 2.25. The number of nitrogens with zero attached hydrogens (tertiary/aromatic N) is 2. The number of hydrogen-bond acceptors (Lipinski definition) is 3. The Labute approximate surface area is 87.9 Å². The Balaban J connectivity index is 3.24. The van der Waals surface area contributed by atoms with Crippen molar-refractivity contribution in [1.29, 1.82) is 0 Å². The molecule has 5 nitrogen and oxygen atoms in total. The first-order valence-corrected chi connectivity index (χ1v) is 4.95. The van der Waals surface area contributed by atoms with Crippen LogP contribution >= 0.6 is 22.6 Å². The molecule has 0 saturated heterocycles. The van der Waals surface area contributed by atoms with Gasteiger partial charge in [0, 0.05) is 7.05 Å². The van der Waals surface area contributed by atoms with E-state index in [-0.39, 0.29) is 21.5 Å². The van der Waals surface area contributed by atoms with Gasteiger partial charge in [-0.25, -0.2) is 4.79 Å². The van der Waals surface area contributed by atoms with Crippen LogP contribution in [0.5, 0.6) is 0 Å². The Hall–Kier alpha value is -0.920. The molecule has 1 aromatic heterocycles. The second kappa shape index (κ2) is 3.86. The van der Waals surface area contributed by atoms with E-state index in [1.54, 1.807) is 7.05 Å². The highest BCUT2D eigenvalue weighted by Gasteiger charge is 2.20. The molecule has 0 aliphatic heterocycles. The van der Waals surface area contributed by atoms with Crippen LogP contribution in [0, 0.1) is 0 Å². The normalized spacial score (nSPS) is 10.0. The van der Waals surface area contributed by atoms with Gasteiger partial charge in [-0.05, 0) is 0 Å². The quantitative estimate of drug-likeness (QED) is 0.507. The summed E-state index contributed by atoms with van der Waals surface area (Å²) in [6.07, 6.45) is 1.18. The number of halogens is 1. The Bertz CT molecular complexity index is 359. The lowest BCUT2D eigenvalue weighted by Gasteiger charge is -1.98. The summed E-state index contributed by atoms with van der Waals surface area (Å²) in [5.41, 5.74) is 0.117. The minimum atomic E-state index is -1.12. The molecule has 0 atom stereocenters. The number of carbonyl (C=O) groups excluding carboxylic acids is 1. The lowest BCUT2D eigenvalue weighted by Crippen LogP contribution is -2.12. The van der Waals surface area contributed by atoms with Gasteiger partial charge in [0.25, 0.3) is 0 Å². The van der Waals surface area contributed by atoms with Crippen LogP contribution in [0.25, 0.3) is 0 Å². The van der Waals surface area contributed by atoms with Gasteiger partial charge in [0.05, 0.1) is 10.6 Å². The molecule has 0 radical (unpaired) electrons. The summed E-state index contributed by atoms with van der Waals surface area (Å²) in [6, 6.07) is 0. The molecule has 0 fully saturated rings. The standard InChI is InChI=1S/C7H7IN2O3/c1-10-6(5(11)2-8)4(3-9-10)7(12)13/h3H,2H2,1H3,(H,12,13). The Kier molecular flexibility index (Phi) is 3.02. The summed E-state index contributed by atoms with van der Waals surface area (Å²) < 4.78 is 1.53. The molecule has 0 amide bonds. The largest absolute Gasteiger partial charge is 0.478 e. The minimum Gasteiger partial charge on any atom is -0.478 e. The molecule has 13 heavy (non-hydrogen) atoms. The molecule has 0 saturated carbocycles. The van der Waals surface area contributed by atoms with Crippen LogP contribution in [0.3, 0.4) is 0 Å². The summed E-state index contributed by atoms with van der Waals surface area (Å²) in [6.45, 7) is 0. The number of carbonyl (C=O) groups is 2. The number of aromatic nitrogens is 2. The van der Waals surface area contributed by atoms with Crippen molar-refractivity contribution in [3.8, 4) is 0 Å². The number of carboxylic acid groups (broad SMARTS) is 1. The summed E-state index contributed by atoms with van der Waals surface area (Å²) in [4.78, 5) is 21.9. The summed E-state index contributed by atoms with van der Waals surface area (Å²) >= 11 is 1.89. The highest BCUT2D eigenvalue weighted by Crippen LogP contribution is 2.09. The summed E-state index contributed by atoms with van der Waals surface area (Å²) in [7, 11) is 1.55. The third kappa shape index (κ3) is 1.87. The smallest absolute Gasteiger partial charge is 0.339 e. The molecule has 0 aromatic carbocycles. The van der Waals surface area contributed by atoms with Gasteiger partial charge in [0.15, 0.2) is 5.78 Å². The van der Waals surface area contributed by atoms with E-state index in [2.05, 4.69) is 5.10 Å². The molecular weight excluding hydrogens is 287 g/mol. The van der Waals surface area contributed by atoms with Crippen molar-refractivity contribution in [3.05, 3.63) is 17.5 Å². The SMILES string of the molecule is Cn1ncc(C(=O)O)c1C(=O)CI. The average Bonchev–Trinajstić information content (AvgIpc) is 2.46. The van der Waals surface area contributed by atoms with Crippen molar-refractivity contribution >= 4 is 34.3 Å². The molecule has 0 unspecified atom stereocenters. The van der Waals surface area contributed by atoms with E-state index >= 15 is 0 Å². The van der Waals surface area contributed by atoms with Gasteiger partial charge in [0.1, 0.15) is 11.3 Å². The molecule has 1 heterocycles. The van der Waals surface area contributed by atoms with Crippen LogP contribution in [0.1, 0.15) is 20.8 Å². The third-order valence-electron chi connectivity index (χ3n) is 1.55. The fraction of sp³-hybridized carbons (Fsp3) is 0.286. The lowest BCUT2D eigenvalue weighted by atomic mass is 10.2. The summed E-state index contributed by atoms with van der Waals surface area (Å²) in [5.74, 6) is -1.35. The van der Waals surface area contributed by atoms with E-state index in [0.717, 1.165) is 0 Å². The van der Waals surface area contributed by atoms with Crippen LogP contribution in [0.15, 0.2) is 6.20 Å². The number of alkyl halides is 1. The first-order chi connectivity index (χ1) is 6.07. The average molecular weight is 294 g/mol. The lowest BCUT2D eigenvalue weighted by molar-refractivity contribution is 0.0692. The molecule has 1 aromatic rings. The monoisotopic (exact) mass is 294 g/mol. The first kappa shape index (κ1) is 10.2. The van der Waals surface area contributed by atoms with Gasteiger partial charge in [-0.2, -0.15) is 5.10 Å². The van der Waals surface area contributed by atoms with E-state index in [4.69, 9.17) is 5.11 Å². The maximum atomic E-state index is 11.3. The van der Waals surface area contributed by atoms with Gasteiger partial charge in [-0.3, -0.25) is 9.48 Å². The van der Waals surface area contributed by atoms with E-state index in [0.29, 0.717) is 0 Å². The zero-order valence-electron chi connectivity index (χ0n) is 6.82. The van der Waals surface area contributed by atoms with Gasteiger partial charge >= 0.3 is 5.97 Å². The first-order valence-electron chi connectivity index (χ1n) is 3.42. The van der Waals surface area contributed by atoms with Gasteiger partial charge in [-0.15, -0.1) is 0 Å². The topological polar surface area (TPSA) is 72.2 Å². The molecule has 0 bridgehead atoms. The Morgan fingerprint density at radius 2 is 2.31 bits per heavy atom. The fourth-order valence-corrected chi connectivity index (χ4v) is 1.35. The molecule has 1 N–H and O–H groups in total. The van der Waals surface area contributed by atoms with Crippen LogP contribution in [-0.4, -0.2) is 31.1 Å². The number of rotatable bonds is 3. The number of aromatic carboxylic acids is 1. The maximum absolute atomic E-state index is 11.3. The minimum absolute atomic E-state index is 0.0378. The fourth-order valence-electron chi connectivity index (χ4n) is 0.988. The van der Waals surface area contributed by atoms with Crippen LogP contribution in [0.2, 0.25) is 0 Å². The zero-order chi connectivity index (χ0) is 10.0. The number of ketones is 1. The van der Waals surface area contributed by atoms with Crippen molar-refractivity contribution in [1.82, 2.24) is 9.78 Å². The van der Waals surface area contributed by atoms with Crippen molar-refractivity contribution in [2.24, 2.45) is 7.05 Å². The van der Waals surface area contributed by atoms with Gasteiger partial charge in [-0.1, -0.05) is 22.6 Å². The maximum Gasteiger partial charge on any atom is 0.339 e. The predicted octanol–water partition coefficient (Wildman–Crippen LogP) is 0.736. The molecule has 1 rings (SSSR count). The molecule has 70 valence electrons. The van der Waals surface area contributed by atoms with Crippen molar-refractivity contribution in [2.45, 2.75) is 0 Å². The number of carboxylic acids is 1. The van der Waals surface area contributed by atoms with Crippen molar-refractivity contribution < 1.29 is 14.7 Å². The van der Waals surface area contributed by atoms with Gasteiger partial charge < -0.3 is 5.11 Å². The number of hydrogen-bond donors (Lipinski definition) is 1. The second-order valence-corrected chi connectivity index (χ2v) is 3.16. The predicted molar refractivity (Wildman–Crippen MR) is 53.4 cm³/mol. The number of aryl methyl sites for hydroxylation is 1. The number of Topliss-reactive ketones (excluding diaryl/α,β-unsaturated/α-hetero) is 1. The van der Waals surface area contributed by atoms with Crippen LogP contribution < -0.4 is 0 Å². The van der Waals surface area contributed by atoms with E-state index in [9.17, 15) is 9.59 Å². The van der Waals surface area contributed by atoms with Crippen LogP contribution in [0.4, 0.5) is 0 Å².